The highest BCUT2D eigenvalue weighted by Gasteiger charge is 2.31. The van der Waals surface area contributed by atoms with Crippen LogP contribution < -0.4 is 5.56 Å². The van der Waals surface area contributed by atoms with Gasteiger partial charge in [0.1, 0.15) is 5.65 Å². The molecule has 0 bridgehead atoms. The van der Waals surface area contributed by atoms with Crippen molar-refractivity contribution in [2.24, 2.45) is 0 Å². The highest BCUT2D eigenvalue weighted by Crippen LogP contribution is 2.39. The number of carbonyl (C=O) groups excluding carboxylic acids is 2. The number of aryl methyl sites for hydroxylation is 1. The predicted octanol–water partition coefficient (Wildman–Crippen LogP) is 1.94. The zero-order valence-electron chi connectivity index (χ0n) is 15.9. The fourth-order valence-corrected chi connectivity index (χ4v) is 4.51. The Hall–Kier alpha value is -2.42. The second kappa shape index (κ2) is 7.54. The molecule has 1 saturated heterocycles. The maximum absolute atomic E-state index is 12.8. The smallest absolute Gasteiger partial charge is 0.338 e. The second-order valence-corrected chi connectivity index (χ2v) is 8.12. The van der Waals surface area contributed by atoms with Gasteiger partial charge in [0.15, 0.2) is 5.16 Å². The molecule has 1 aliphatic heterocycles. The third kappa shape index (κ3) is 3.50. The molecule has 148 valence electrons. The quantitative estimate of drug-likeness (QED) is 0.428. The van der Waals surface area contributed by atoms with Gasteiger partial charge in [-0.1, -0.05) is 11.8 Å². The lowest BCUT2D eigenvalue weighted by Gasteiger charge is -2.17. The summed E-state index contributed by atoms with van der Waals surface area (Å²) in [5.74, 6) is -0.284. The Morgan fingerprint density at radius 3 is 2.61 bits per heavy atom. The summed E-state index contributed by atoms with van der Waals surface area (Å²) in [5, 5.41) is 0.668. The van der Waals surface area contributed by atoms with Crippen molar-refractivity contribution in [1.82, 2.24) is 19.4 Å². The Morgan fingerprint density at radius 2 is 1.96 bits per heavy atom. The molecule has 1 amide bonds. The van der Waals surface area contributed by atoms with Crippen LogP contribution in [0.3, 0.4) is 0 Å². The van der Waals surface area contributed by atoms with Crippen molar-refractivity contribution in [3.8, 4) is 0 Å². The lowest BCUT2D eigenvalue weighted by Crippen LogP contribution is -2.29. The number of aromatic nitrogens is 3. The molecular formula is C19H22N4O4S. The minimum absolute atomic E-state index is 0.0617. The average molecular weight is 402 g/mol. The van der Waals surface area contributed by atoms with Crippen LogP contribution in [0.1, 0.15) is 47.8 Å². The van der Waals surface area contributed by atoms with Crippen molar-refractivity contribution >= 4 is 34.7 Å². The number of esters is 1. The van der Waals surface area contributed by atoms with E-state index in [0.717, 1.165) is 38.8 Å². The van der Waals surface area contributed by atoms with Crippen LogP contribution in [0.5, 0.6) is 0 Å². The number of ether oxygens (including phenoxy) is 1. The minimum Gasteiger partial charge on any atom is -0.465 e. The molecule has 0 N–H and O–H groups in total. The number of pyridine rings is 1. The summed E-state index contributed by atoms with van der Waals surface area (Å²) in [5.41, 5.74) is 0.730. The van der Waals surface area contributed by atoms with E-state index in [1.807, 2.05) is 9.47 Å². The number of likely N-dealkylation sites (tertiary alicyclic amines) is 1. The van der Waals surface area contributed by atoms with Crippen LogP contribution in [0.4, 0.5) is 0 Å². The molecule has 3 heterocycles. The van der Waals surface area contributed by atoms with E-state index >= 15 is 0 Å². The van der Waals surface area contributed by atoms with Crippen LogP contribution >= 0.6 is 11.8 Å². The normalized spacial score (nSPS) is 16.6. The zero-order chi connectivity index (χ0) is 19.8. The average Bonchev–Trinajstić information content (AvgIpc) is 3.36. The fraction of sp³-hybridized carbons (Fsp3) is 0.526. The van der Waals surface area contributed by atoms with Gasteiger partial charge in [0, 0.05) is 24.8 Å². The van der Waals surface area contributed by atoms with Crippen LogP contribution in [0.25, 0.3) is 11.0 Å². The molecule has 0 unspecified atom stereocenters. The zero-order valence-corrected chi connectivity index (χ0v) is 16.8. The molecule has 2 aromatic rings. The molecule has 0 spiro atoms. The van der Waals surface area contributed by atoms with E-state index in [9.17, 15) is 14.4 Å². The summed E-state index contributed by atoms with van der Waals surface area (Å²) < 4.78 is 6.75. The molecule has 0 aromatic carbocycles. The number of hydrogen-bond acceptors (Lipinski definition) is 7. The predicted molar refractivity (Wildman–Crippen MR) is 105 cm³/mol. The van der Waals surface area contributed by atoms with Gasteiger partial charge in [-0.05, 0) is 38.7 Å². The SMILES string of the molecule is COC(=O)c1cc(C)nc2c1c(=O)nc(SCC(=O)N1CCCC1)n2C1CC1. The van der Waals surface area contributed by atoms with Gasteiger partial charge in [-0.2, -0.15) is 4.98 Å². The van der Waals surface area contributed by atoms with Gasteiger partial charge in [-0.25, -0.2) is 9.78 Å². The van der Waals surface area contributed by atoms with E-state index in [1.165, 1.54) is 18.9 Å². The fourth-order valence-electron chi connectivity index (χ4n) is 3.55. The van der Waals surface area contributed by atoms with Gasteiger partial charge < -0.3 is 14.2 Å². The molecule has 1 saturated carbocycles. The van der Waals surface area contributed by atoms with Crippen molar-refractivity contribution in [2.45, 2.75) is 43.8 Å². The standard InChI is InChI=1S/C19H22N4O4S/c1-11-9-13(18(26)27-2)15-16(20-11)23(12-5-6-12)19(21-17(15)25)28-10-14(24)22-7-3-4-8-22/h9,12H,3-8,10H2,1-2H3. The first kappa shape index (κ1) is 18.9. The lowest BCUT2D eigenvalue weighted by molar-refractivity contribution is -0.127. The first-order valence-electron chi connectivity index (χ1n) is 9.42. The van der Waals surface area contributed by atoms with Crippen LogP contribution in [-0.4, -0.2) is 57.3 Å². The molecule has 2 aromatic heterocycles. The van der Waals surface area contributed by atoms with E-state index in [0.29, 0.717) is 16.5 Å². The summed E-state index contributed by atoms with van der Waals surface area (Å²) in [7, 11) is 1.28. The molecule has 1 aliphatic carbocycles. The van der Waals surface area contributed by atoms with Crippen LogP contribution in [0.2, 0.25) is 0 Å². The second-order valence-electron chi connectivity index (χ2n) is 7.18. The summed E-state index contributed by atoms with van der Waals surface area (Å²) in [6.07, 6.45) is 3.99. The summed E-state index contributed by atoms with van der Waals surface area (Å²) >= 11 is 1.27. The topological polar surface area (TPSA) is 94.4 Å². The summed E-state index contributed by atoms with van der Waals surface area (Å²) in [6, 6.07) is 1.73. The van der Waals surface area contributed by atoms with Crippen LogP contribution in [0.15, 0.2) is 16.0 Å². The molecule has 0 atom stereocenters. The Morgan fingerprint density at radius 1 is 1.25 bits per heavy atom. The maximum atomic E-state index is 12.8. The van der Waals surface area contributed by atoms with Gasteiger partial charge in [-0.15, -0.1) is 0 Å². The molecule has 2 fully saturated rings. The largest absolute Gasteiger partial charge is 0.465 e. The van der Waals surface area contributed by atoms with Gasteiger partial charge in [0.25, 0.3) is 5.56 Å². The van der Waals surface area contributed by atoms with E-state index < -0.39 is 11.5 Å². The third-order valence-corrected chi connectivity index (χ3v) is 6.01. The molecule has 2 aliphatic rings. The number of carbonyl (C=O) groups is 2. The van der Waals surface area contributed by atoms with E-state index in [2.05, 4.69) is 9.97 Å². The third-order valence-electron chi connectivity index (χ3n) is 5.07. The van der Waals surface area contributed by atoms with E-state index in [-0.39, 0.29) is 28.7 Å². The number of hydrogen-bond donors (Lipinski definition) is 0. The highest BCUT2D eigenvalue weighted by molar-refractivity contribution is 7.99. The minimum atomic E-state index is -0.582. The molecule has 9 heteroatoms. The first-order chi connectivity index (χ1) is 13.5. The number of fused-ring (bicyclic) bond motifs is 1. The summed E-state index contributed by atoms with van der Waals surface area (Å²) in [4.78, 5) is 48.0. The number of amides is 1. The Labute approximate surface area is 166 Å². The molecular weight excluding hydrogens is 380 g/mol. The maximum Gasteiger partial charge on any atom is 0.338 e. The Balaban J connectivity index is 1.77. The number of thioether (sulfide) groups is 1. The monoisotopic (exact) mass is 402 g/mol. The van der Waals surface area contributed by atoms with Gasteiger partial charge in [0.05, 0.1) is 23.8 Å². The van der Waals surface area contributed by atoms with Crippen molar-refractivity contribution in [2.75, 3.05) is 26.0 Å². The van der Waals surface area contributed by atoms with Crippen LogP contribution in [0, 0.1) is 6.92 Å². The van der Waals surface area contributed by atoms with Gasteiger partial charge in [0.2, 0.25) is 5.91 Å². The molecule has 4 rings (SSSR count). The Kier molecular flexibility index (Phi) is 5.09. The number of rotatable bonds is 5. The van der Waals surface area contributed by atoms with Gasteiger partial charge >= 0.3 is 5.97 Å². The summed E-state index contributed by atoms with van der Waals surface area (Å²) in [6.45, 7) is 3.37. The van der Waals surface area contributed by atoms with E-state index in [1.54, 1.807) is 13.0 Å². The highest BCUT2D eigenvalue weighted by atomic mass is 32.2. The molecule has 8 nitrogen and oxygen atoms in total. The Bertz CT molecular complexity index is 1010. The van der Waals surface area contributed by atoms with Crippen molar-refractivity contribution in [3.63, 3.8) is 0 Å². The number of nitrogens with zero attached hydrogens (tertiary/aromatic N) is 4. The first-order valence-corrected chi connectivity index (χ1v) is 10.4. The molecule has 28 heavy (non-hydrogen) atoms. The molecule has 0 radical (unpaired) electrons. The van der Waals surface area contributed by atoms with Crippen molar-refractivity contribution in [3.05, 3.63) is 27.7 Å². The lowest BCUT2D eigenvalue weighted by atomic mass is 10.1. The van der Waals surface area contributed by atoms with Crippen molar-refractivity contribution < 1.29 is 14.3 Å². The van der Waals surface area contributed by atoms with Gasteiger partial charge in [-0.3, -0.25) is 9.59 Å². The van der Waals surface area contributed by atoms with Crippen LogP contribution in [-0.2, 0) is 9.53 Å². The van der Waals surface area contributed by atoms with E-state index in [4.69, 9.17) is 4.74 Å². The van der Waals surface area contributed by atoms with Crippen molar-refractivity contribution in [1.29, 1.82) is 0 Å². The number of methoxy groups -OCH3 is 1.